The molecule has 0 radical (unpaired) electrons. The molecule has 2 aromatic carbocycles. The number of nitrogens with two attached hydrogens (primary N) is 1. The first kappa shape index (κ1) is 23.1. The Bertz CT molecular complexity index is 1500. The van der Waals surface area contributed by atoms with Crippen molar-refractivity contribution >= 4 is 28.0 Å². The second-order valence-electron chi connectivity index (χ2n) is 7.52. The first-order valence-corrected chi connectivity index (χ1v) is 11.5. The van der Waals surface area contributed by atoms with Crippen LogP contribution < -0.4 is 25.3 Å². The first-order valence-electron chi connectivity index (χ1n) is 10.7. The Balaban J connectivity index is 1.41. The number of nitrogens with zero attached hydrogens (tertiary/aromatic N) is 5. The van der Waals surface area contributed by atoms with E-state index in [1.807, 2.05) is 31.2 Å². The smallest absolute Gasteiger partial charge is 0.272 e. The molecule has 5 aromatic rings. The quantitative estimate of drug-likeness (QED) is 0.275. The minimum absolute atomic E-state index is 0.259. The largest absolute Gasteiger partial charge is 0.493 e. The van der Waals surface area contributed by atoms with Crippen LogP contribution in [0.1, 0.15) is 5.82 Å². The molecule has 0 saturated carbocycles. The molecule has 0 aliphatic rings. The minimum atomic E-state index is 0.259. The monoisotopic (exact) mass is 506 g/mol. The van der Waals surface area contributed by atoms with E-state index in [0.717, 1.165) is 17.0 Å². The Morgan fingerprint density at radius 2 is 1.67 bits per heavy atom. The third-order valence-electron chi connectivity index (χ3n) is 5.17. The summed E-state index contributed by atoms with van der Waals surface area (Å²) in [7, 11) is 4.65. The Labute approximate surface area is 209 Å². The molecule has 3 heterocycles. The molecule has 0 spiro atoms. The molecule has 0 fully saturated rings. The molecular weight excluding hydrogens is 484 g/mol. The molecule has 12 nitrogen and oxygen atoms in total. The lowest BCUT2D eigenvalue weighted by atomic mass is 10.1. The van der Waals surface area contributed by atoms with E-state index >= 15 is 0 Å². The molecule has 36 heavy (non-hydrogen) atoms. The fourth-order valence-corrected chi connectivity index (χ4v) is 4.34. The molecule has 0 aliphatic carbocycles. The van der Waals surface area contributed by atoms with Gasteiger partial charge in [-0.25, -0.2) is 9.97 Å². The van der Waals surface area contributed by atoms with Crippen LogP contribution in [0.2, 0.25) is 0 Å². The second-order valence-corrected chi connectivity index (χ2v) is 8.52. The maximum absolute atomic E-state index is 6.18. The maximum Gasteiger partial charge on any atom is 0.272 e. The number of rotatable bonds is 8. The number of ether oxygens (including phenoxy) is 3. The summed E-state index contributed by atoms with van der Waals surface area (Å²) in [5.41, 5.74) is 8.44. The zero-order valence-corrected chi connectivity index (χ0v) is 20.6. The highest BCUT2D eigenvalue weighted by Crippen LogP contribution is 2.42. The molecule has 0 amide bonds. The molecule has 4 N–H and O–H groups in total. The van der Waals surface area contributed by atoms with Crippen molar-refractivity contribution in [3.8, 4) is 50.8 Å². The van der Waals surface area contributed by atoms with Gasteiger partial charge in [0.05, 0.1) is 21.3 Å². The lowest BCUT2D eigenvalue weighted by Gasteiger charge is -2.14. The molecule has 0 atom stereocenters. The Hall–Kier alpha value is -4.65. The van der Waals surface area contributed by atoms with E-state index in [9.17, 15) is 0 Å². The number of hydrogen-bond donors (Lipinski definition) is 3. The van der Waals surface area contributed by atoms with Crippen LogP contribution in [0.15, 0.2) is 40.9 Å². The highest BCUT2D eigenvalue weighted by Gasteiger charge is 2.20. The zero-order valence-electron chi connectivity index (χ0n) is 19.8. The standard InChI is InChI=1S/C23H22N8O4S/c1-11-25-20(30-29-11)12-6-5-7-13(8-12)21-28-22(35-31-21)18-19(24)27-23(36-18)26-14-9-15(32-2)17(34-4)16(10-14)33-3/h5-10H,24H2,1-4H3,(H,26,27)(H,25,29,30). The third-order valence-corrected chi connectivity index (χ3v) is 6.14. The van der Waals surface area contributed by atoms with Crippen LogP contribution in [-0.2, 0) is 0 Å². The van der Waals surface area contributed by atoms with Crippen molar-refractivity contribution in [3.63, 3.8) is 0 Å². The van der Waals surface area contributed by atoms with Crippen molar-refractivity contribution in [1.82, 2.24) is 30.3 Å². The topological polar surface area (TPSA) is 159 Å². The van der Waals surface area contributed by atoms with Gasteiger partial charge in [0, 0.05) is 28.9 Å². The summed E-state index contributed by atoms with van der Waals surface area (Å²) in [6.45, 7) is 1.84. The van der Waals surface area contributed by atoms with Gasteiger partial charge in [0.2, 0.25) is 11.6 Å². The van der Waals surface area contributed by atoms with Gasteiger partial charge in [0.15, 0.2) is 22.5 Å². The van der Waals surface area contributed by atoms with Gasteiger partial charge in [0.25, 0.3) is 5.89 Å². The van der Waals surface area contributed by atoms with Crippen molar-refractivity contribution in [2.45, 2.75) is 6.92 Å². The molecule has 5 rings (SSSR count). The van der Waals surface area contributed by atoms with Crippen molar-refractivity contribution in [2.24, 2.45) is 0 Å². The Kier molecular flexibility index (Phi) is 6.12. The highest BCUT2D eigenvalue weighted by atomic mass is 32.1. The van der Waals surface area contributed by atoms with E-state index in [2.05, 4.69) is 35.6 Å². The number of aryl methyl sites for hydroxylation is 1. The van der Waals surface area contributed by atoms with Crippen LogP contribution >= 0.6 is 11.3 Å². The van der Waals surface area contributed by atoms with Gasteiger partial charge in [0.1, 0.15) is 16.5 Å². The zero-order chi connectivity index (χ0) is 25.2. The van der Waals surface area contributed by atoms with E-state index in [0.29, 0.717) is 44.6 Å². The second kappa shape index (κ2) is 9.54. The fraction of sp³-hybridized carbons (Fsp3) is 0.174. The van der Waals surface area contributed by atoms with Gasteiger partial charge in [-0.3, -0.25) is 5.10 Å². The third kappa shape index (κ3) is 4.38. The summed E-state index contributed by atoms with van der Waals surface area (Å²) in [5.74, 6) is 3.76. The van der Waals surface area contributed by atoms with E-state index in [1.54, 1.807) is 33.5 Å². The van der Waals surface area contributed by atoms with Gasteiger partial charge in [-0.1, -0.05) is 34.7 Å². The highest BCUT2D eigenvalue weighted by molar-refractivity contribution is 7.19. The SMILES string of the molecule is COc1cc(Nc2nc(N)c(-c3nc(-c4cccc(-c5n[nH]c(C)n5)c4)no3)s2)cc(OC)c1OC. The number of aromatic amines is 1. The summed E-state index contributed by atoms with van der Waals surface area (Å²) in [6.07, 6.45) is 0. The predicted octanol–water partition coefficient (Wildman–Crippen LogP) is 4.31. The van der Waals surface area contributed by atoms with E-state index in [4.69, 9.17) is 24.5 Å². The number of H-pyrrole nitrogens is 1. The average Bonchev–Trinajstić information content (AvgIpc) is 3.63. The summed E-state index contributed by atoms with van der Waals surface area (Å²) >= 11 is 1.28. The van der Waals surface area contributed by atoms with Crippen LogP contribution in [-0.4, -0.2) is 51.6 Å². The van der Waals surface area contributed by atoms with Crippen molar-refractivity contribution < 1.29 is 18.7 Å². The average molecular weight is 507 g/mol. The first-order chi connectivity index (χ1) is 17.5. The van der Waals surface area contributed by atoms with Gasteiger partial charge >= 0.3 is 0 Å². The number of nitrogens with one attached hydrogen (secondary N) is 2. The summed E-state index contributed by atoms with van der Waals surface area (Å²) in [5, 5.41) is 14.9. The molecule has 0 aliphatic heterocycles. The molecule has 184 valence electrons. The number of aromatic nitrogens is 6. The molecular formula is C23H22N8O4S. The minimum Gasteiger partial charge on any atom is -0.493 e. The van der Waals surface area contributed by atoms with Crippen LogP contribution in [0.4, 0.5) is 16.6 Å². The van der Waals surface area contributed by atoms with Gasteiger partial charge in [-0.2, -0.15) is 10.1 Å². The molecule has 0 unspecified atom stereocenters. The van der Waals surface area contributed by atoms with E-state index in [-0.39, 0.29) is 11.7 Å². The summed E-state index contributed by atoms with van der Waals surface area (Å²) in [4.78, 5) is 13.8. The van der Waals surface area contributed by atoms with Crippen LogP contribution in [0, 0.1) is 6.92 Å². The normalized spacial score (nSPS) is 10.9. The van der Waals surface area contributed by atoms with Gasteiger partial charge in [-0.15, -0.1) is 0 Å². The van der Waals surface area contributed by atoms with E-state index < -0.39 is 0 Å². The molecule has 13 heteroatoms. The molecule has 3 aromatic heterocycles. The van der Waals surface area contributed by atoms with Gasteiger partial charge in [-0.05, 0) is 13.0 Å². The predicted molar refractivity (Wildman–Crippen MR) is 135 cm³/mol. The van der Waals surface area contributed by atoms with Crippen LogP contribution in [0.25, 0.3) is 33.5 Å². The summed E-state index contributed by atoms with van der Waals surface area (Å²) in [6, 6.07) is 11.1. The Morgan fingerprint density at radius 1 is 0.944 bits per heavy atom. The number of methoxy groups -OCH3 is 3. The van der Waals surface area contributed by atoms with Crippen LogP contribution in [0.5, 0.6) is 17.2 Å². The molecule has 0 bridgehead atoms. The van der Waals surface area contributed by atoms with Crippen LogP contribution in [0.3, 0.4) is 0 Å². The number of nitrogen functional groups attached to an aromatic ring is 1. The lowest BCUT2D eigenvalue weighted by molar-refractivity contribution is 0.324. The number of hydrogen-bond acceptors (Lipinski definition) is 12. The van der Waals surface area contributed by atoms with Crippen molar-refractivity contribution in [1.29, 1.82) is 0 Å². The number of benzene rings is 2. The van der Waals surface area contributed by atoms with Crippen molar-refractivity contribution in [2.75, 3.05) is 32.4 Å². The fourth-order valence-electron chi connectivity index (χ4n) is 3.52. The number of anilines is 3. The van der Waals surface area contributed by atoms with Gasteiger partial charge < -0.3 is 29.8 Å². The van der Waals surface area contributed by atoms with Crippen molar-refractivity contribution in [3.05, 3.63) is 42.2 Å². The van der Waals surface area contributed by atoms with E-state index in [1.165, 1.54) is 11.3 Å². The summed E-state index contributed by atoms with van der Waals surface area (Å²) < 4.78 is 21.7. The number of thiazole rings is 1. The molecule has 0 saturated heterocycles. The maximum atomic E-state index is 6.18. The Morgan fingerprint density at radius 3 is 2.31 bits per heavy atom. The lowest BCUT2D eigenvalue weighted by Crippen LogP contribution is -1.97.